The summed E-state index contributed by atoms with van der Waals surface area (Å²) in [6.07, 6.45) is 7.14. The molecule has 1 aromatic rings. The monoisotopic (exact) mass is 727 g/mol. The minimum absolute atomic E-state index is 0. The van der Waals surface area contributed by atoms with Crippen molar-refractivity contribution in [3.63, 3.8) is 0 Å². The number of ether oxygens (including phenoxy) is 2. The van der Waals surface area contributed by atoms with Gasteiger partial charge >= 0.3 is 6.16 Å². The highest BCUT2D eigenvalue weighted by molar-refractivity contribution is 5.93. The summed E-state index contributed by atoms with van der Waals surface area (Å²) in [4.78, 5) is 41.0. The Labute approximate surface area is 307 Å². The van der Waals surface area contributed by atoms with Crippen LogP contribution in [0.5, 0.6) is 0 Å². The zero-order chi connectivity index (χ0) is 38.4. The number of nitrogens with zero attached hydrogens (tertiary/aromatic N) is 5. The van der Waals surface area contributed by atoms with E-state index in [9.17, 15) is 19.7 Å². The van der Waals surface area contributed by atoms with Crippen LogP contribution in [0.25, 0.3) is 0 Å². The minimum Gasteiger partial charge on any atom is -0.428 e. The van der Waals surface area contributed by atoms with E-state index in [2.05, 4.69) is 140 Å². The molecule has 0 atom stereocenters. The summed E-state index contributed by atoms with van der Waals surface area (Å²) in [5.74, 6) is 36.5. The number of carbonyl (C=O) groups is 2. The number of terminal acetylenes is 1. The number of hydrogen-bond donors (Lipinski definition) is 2. The van der Waals surface area contributed by atoms with Crippen LogP contribution < -0.4 is 9.88 Å². The predicted molar refractivity (Wildman–Crippen MR) is 190 cm³/mol. The molecule has 0 aliphatic carbocycles. The Kier molecular flexibility index (Phi) is 28.8. The van der Waals surface area contributed by atoms with Gasteiger partial charge in [-0.1, -0.05) is 5.92 Å². The maximum atomic E-state index is 11.9. The lowest BCUT2D eigenvalue weighted by Crippen LogP contribution is -2.38. The fourth-order valence-corrected chi connectivity index (χ4v) is 2.06. The molecule has 0 fully saturated rings. The van der Waals surface area contributed by atoms with Crippen LogP contribution in [-0.2, 0) is 46.2 Å². The first-order valence-corrected chi connectivity index (χ1v) is 13.0. The molecule has 0 aliphatic heterocycles. The molecule has 284 valence electrons. The van der Waals surface area contributed by atoms with Gasteiger partial charge in [-0.05, 0) is 122 Å². The summed E-state index contributed by atoms with van der Waals surface area (Å²) in [7, 11) is 0. The molecule has 0 saturated carbocycles. The first-order valence-electron chi connectivity index (χ1n) is 13.0. The maximum absolute atomic E-state index is 11.9. The van der Waals surface area contributed by atoms with E-state index in [4.69, 9.17) is 26.7 Å². The third-order valence-corrected chi connectivity index (χ3v) is 3.61. The van der Waals surface area contributed by atoms with Gasteiger partial charge in [0.1, 0.15) is 22.8 Å². The van der Waals surface area contributed by atoms with Crippen LogP contribution >= 0.6 is 0 Å². The lowest BCUT2D eigenvalue weighted by molar-refractivity contribution is -0.757. The van der Waals surface area contributed by atoms with Crippen molar-refractivity contribution in [1.82, 2.24) is 5.32 Å². The highest BCUT2D eigenvalue weighted by Gasteiger charge is 2.19. The first kappa shape index (κ1) is 45.5. The fraction of sp³-hybridized carbons (Fsp3) is 0.258. The molecule has 20 nitrogen and oxygen atoms in total. The Hall–Kier alpha value is -7.63. The van der Waals surface area contributed by atoms with Crippen molar-refractivity contribution in [3.05, 3.63) is 40.2 Å². The lowest BCUT2D eigenvalue weighted by Gasteiger charge is -2.17. The van der Waals surface area contributed by atoms with E-state index in [1.807, 2.05) is 0 Å². The molecule has 0 unspecified atom stereocenters. The molecule has 0 bridgehead atoms. The summed E-state index contributed by atoms with van der Waals surface area (Å²) in [6, 6.07) is 3.15. The van der Waals surface area contributed by atoms with E-state index >= 15 is 0 Å². The third-order valence-electron chi connectivity index (χ3n) is 3.61. The van der Waals surface area contributed by atoms with Crippen molar-refractivity contribution in [2.45, 2.75) is 40.0 Å². The second-order valence-corrected chi connectivity index (χ2v) is 8.31. The third kappa shape index (κ3) is 35.1. The number of rotatable bonds is 13. The Morgan fingerprint density at radius 2 is 1.61 bits per heavy atom. The summed E-state index contributed by atoms with van der Waals surface area (Å²) in [5.41, 5.74) is 5.66. The normalized spacial score (nSPS) is 8.24. The van der Waals surface area contributed by atoms with Gasteiger partial charge in [0.2, 0.25) is 0 Å². The molecule has 0 aliphatic rings. The zero-order valence-corrected chi connectivity index (χ0v) is 27.1. The summed E-state index contributed by atoms with van der Waals surface area (Å²) < 4.78 is 11.4. The molecule has 0 aromatic carbocycles. The van der Waals surface area contributed by atoms with E-state index in [1.165, 1.54) is 10.8 Å². The minimum atomic E-state index is -0.934. The second-order valence-electron chi connectivity index (χ2n) is 8.31. The second kappa shape index (κ2) is 32.3. The van der Waals surface area contributed by atoms with E-state index < -0.39 is 22.8 Å². The Morgan fingerprint density at radius 1 is 1.02 bits per heavy atom. The van der Waals surface area contributed by atoms with Gasteiger partial charge in [0.25, 0.3) is 17.7 Å². The Bertz CT molecular complexity index is 1860. The van der Waals surface area contributed by atoms with Crippen molar-refractivity contribution in [1.29, 1.82) is 5.53 Å². The maximum Gasteiger partial charge on any atom is 0.513 e. The highest BCUT2D eigenvalue weighted by Crippen LogP contribution is 2.07. The average Bonchev–Trinajstić information content (AvgIpc) is 3.09. The van der Waals surface area contributed by atoms with Gasteiger partial charge in [0.05, 0.1) is 5.28 Å². The first-order chi connectivity index (χ1) is 24.5. The van der Waals surface area contributed by atoms with Gasteiger partial charge in [0, 0.05) is 48.6 Å². The fourth-order valence-electron chi connectivity index (χ4n) is 2.06. The smallest absolute Gasteiger partial charge is 0.428 e. The quantitative estimate of drug-likeness (QED) is 0.0338. The van der Waals surface area contributed by atoms with E-state index in [1.54, 1.807) is 46.0 Å². The summed E-state index contributed by atoms with van der Waals surface area (Å²) >= 11 is 0. The topological polar surface area (TPSA) is 251 Å². The summed E-state index contributed by atoms with van der Waals surface area (Å²) in [5, 5.41) is 38.4. The Morgan fingerprint density at radius 3 is 2.12 bits per heavy atom. The molecule has 0 saturated heterocycles. The van der Waals surface area contributed by atoms with Gasteiger partial charge in [-0.25, -0.2) is 10.1 Å². The van der Waals surface area contributed by atoms with Crippen molar-refractivity contribution in [2.75, 3.05) is 13.2 Å². The highest BCUT2D eigenvalue weighted by atomic mass is 17.8. The van der Waals surface area contributed by atoms with Crippen LogP contribution in [0.4, 0.5) is 4.79 Å². The lowest BCUT2D eigenvalue weighted by atomic mass is 10.2. The zero-order valence-electron chi connectivity index (χ0n) is 27.1. The molecular formula is C31H49N7O13+2. The molecule has 0 radical (unpaired) electrons. The van der Waals surface area contributed by atoms with Crippen molar-refractivity contribution in [2.24, 2.45) is 15.7 Å². The SMILES string of the molecule is C#CC#CC#CC#CC#CC#CC#CC#CC.CC(C)(C)OC(=O)OC[n+]1cccc(C(=O)NCCO[N+](=O)[O-])c1.N=N/N=N/OOOOO[OH2+].[HH].[HH].[HH].[HH].[HH].[HH].[HH].[HH].[HH].[HH].[HH]. The number of hydrogen-bond acceptors (Lipinski definition) is 14. The predicted octanol–water partition coefficient (Wildman–Crippen LogP) is 3.87. The van der Waals surface area contributed by atoms with Gasteiger partial charge in [-0.2, -0.15) is 15.1 Å². The molecule has 1 aromatic heterocycles. The molecule has 51 heavy (non-hydrogen) atoms. The Balaban J connectivity index is -0.0000000517. The molecule has 20 heteroatoms. The van der Waals surface area contributed by atoms with Gasteiger partial charge in [0.15, 0.2) is 12.4 Å². The van der Waals surface area contributed by atoms with Crippen molar-refractivity contribution < 1.29 is 79.6 Å². The molecule has 1 rings (SSSR count). The number of aromatic nitrogens is 1. The molecular weight excluding hydrogens is 678 g/mol. The van der Waals surface area contributed by atoms with Gasteiger partial charge in [-0.3, -0.25) is 4.79 Å². The van der Waals surface area contributed by atoms with Crippen LogP contribution in [0.2, 0.25) is 0 Å². The standard InChI is InChI=1S/C17H4.C14H19N3O7.H2N4O6.11H2/c1-3-5-7-9-11-13-15-17-16-14-12-10-8-6-4-2;1-14(2,3)24-13(19)22-10-16-7-4-5-11(9-16)12(18)15-6-8-23-17(20)21;1-2-3-4-6-8-10-9-7-5;;;;;;;;;;;/h1H,2H3;4-5,7,9H,6,8,10H2,1-3H3;1,5H;11*1H/p+2/b;;2-1?,4-3+;;;;;;;;;;;. The average molecular weight is 728 g/mol. The largest absolute Gasteiger partial charge is 0.513 e. The van der Waals surface area contributed by atoms with Crippen LogP contribution in [-0.4, -0.2) is 41.2 Å². The van der Waals surface area contributed by atoms with Crippen LogP contribution in [0, 0.1) is 111 Å². The number of nitrogens with one attached hydrogen (secondary N) is 2. The number of carbonyl (C=O) groups excluding carboxylic acids is 2. The summed E-state index contributed by atoms with van der Waals surface area (Å²) in [6.45, 7) is 6.47. The van der Waals surface area contributed by atoms with E-state index in [0.717, 1.165) is 0 Å². The van der Waals surface area contributed by atoms with Crippen molar-refractivity contribution >= 4 is 12.1 Å². The van der Waals surface area contributed by atoms with Crippen molar-refractivity contribution in [3.8, 4) is 95.2 Å². The van der Waals surface area contributed by atoms with Gasteiger partial charge in [-0.15, -0.1) is 16.5 Å². The molecule has 4 N–H and O–H groups in total. The van der Waals surface area contributed by atoms with Crippen LogP contribution in [0.3, 0.4) is 0 Å². The number of amides is 1. The van der Waals surface area contributed by atoms with Crippen LogP contribution in [0.1, 0.15) is 53.7 Å². The molecule has 0 spiro atoms. The van der Waals surface area contributed by atoms with Crippen LogP contribution in [0.15, 0.2) is 40.3 Å². The number of pyridine rings is 1. The van der Waals surface area contributed by atoms with Gasteiger partial charge < -0.3 is 19.6 Å². The molecule has 1 heterocycles. The van der Waals surface area contributed by atoms with E-state index in [0.29, 0.717) is 5.56 Å². The van der Waals surface area contributed by atoms with E-state index in [-0.39, 0.29) is 35.6 Å². The molecule has 1 amide bonds.